The molecule has 2 heterocycles. The van der Waals surface area contributed by atoms with Crippen molar-refractivity contribution in [2.45, 2.75) is 38.5 Å². The number of anilines is 1. The Morgan fingerprint density at radius 3 is 2.64 bits per heavy atom. The average molecular weight is 319 g/mol. The summed E-state index contributed by atoms with van der Waals surface area (Å²) in [5, 5.41) is 14.3. The molecule has 6 nitrogen and oxygen atoms in total. The first-order valence-corrected chi connectivity index (χ1v) is 10.9. The minimum absolute atomic E-state index is 0.00922. The van der Waals surface area contributed by atoms with E-state index in [2.05, 4.69) is 41.4 Å². The van der Waals surface area contributed by atoms with Crippen LogP contribution < -0.4 is 5.32 Å². The van der Waals surface area contributed by atoms with Gasteiger partial charge in [-0.05, 0) is 18.9 Å². The molecule has 0 saturated carbocycles. The Labute approximate surface area is 131 Å². The van der Waals surface area contributed by atoms with Crippen LogP contribution in [0.2, 0.25) is 19.6 Å². The van der Waals surface area contributed by atoms with Gasteiger partial charge in [0.25, 0.3) is 0 Å². The van der Waals surface area contributed by atoms with Crippen molar-refractivity contribution in [1.82, 2.24) is 4.98 Å². The van der Waals surface area contributed by atoms with Crippen LogP contribution in [0.15, 0.2) is 12.1 Å². The predicted octanol–water partition coefficient (Wildman–Crippen LogP) is 2.81. The van der Waals surface area contributed by atoms with Crippen molar-refractivity contribution >= 4 is 19.6 Å². The summed E-state index contributed by atoms with van der Waals surface area (Å²) >= 11 is 0. The number of nitrogens with zero attached hydrogens (tertiary/aromatic N) is 2. The van der Waals surface area contributed by atoms with Gasteiger partial charge in [-0.1, -0.05) is 25.6 Å². The highest BCUT2D eigenvalue weighted by atomic mass is 28.3. The molecule has 1 aliphatic rings. The third kappa shape index (κ3) is 4.82. The van der Waals surface area contributed by atoms with E-state index in [4.69, 9.17) is 4.74 Å². The van der Waals surface area contributed by atoms with Gasteiger partial charge in [-0.2, -0.15) is 0 Å². The van der Waals surface area contributed by atoms with E-state index < -0.39 is 13.0 Å². The highest BCUT2D eigenvalue weighted by molar-refractivity contribution is 6.83. The van der Waals surface area contributed by atoms with Gasteiger partial charge in [-0.15, -0.1) is 5.54 Å². The Morgan fingerprint density at radius 1 is 1.36 bits per heavy atom. The number of pyridine rings is 1. The Hall–Kier alpha value is -1.91. The Morgan fingerprint density at radius 2 is 2.05 bits per heavy atom. The topological polar surface area (TPSA) is 77.3 Å². The van der Waals surface area contributed by atoms with Gasteiger partial charge in [-0.3, -0.25) is 10.1 Å². The van der Waals surface area contributed by atoms with Gasteiger partial charge in [-0.25, -0.2) is 4.98 Å². The number of aromatic nitrogens is 1. The zero-order valence-corrected chi connectivity index (χ0v) is 14.2. The maximum atomic E-state index is 11.2. The highest BCUT2D eigenvalue weighted by Crippen LogP contribution is 2.24. The van der Waals surface area contributed by atoms with E-state index in [1.807, 2.05) is 0 Å². The van der Waals surface area contributed by atoms with Crippen molar-refractivity contribution in [3.8, 4) is 11.5 Å². The number of nitrogens with one attached hydrogen (secondary N) is 1. The zero-order valence-electron chi connectivity index (χ0n) is 13.2. The predicted molar refractivity (Wildman–Crippen MR) is 88.6 cm³/mol. The summed E-state index contributed by atoms with van der Waals surface area (Å²) in [7, 11) is -1.51. The fourth-order valence-corrected chi connectivity index (χ4v) is 2.56. The molecule has 0 amide bonds. The molecule has 0 aromatic carbocycles. The zero-order chi connectivity index (χ0) is 16.2. The monoisotopic (exact) mass is 319 g/mol. The van der Waals surface area contributed by atoms with Gasteiger partial charge < -0.3 is 10.1 Å². The number of nitro groups is 1. The lowest BCUT2D eigenvalue weighted by Gasteiger charge is -2.23. The Kier molecular flexibility index (Phi) is 5.16. The third-order valence-corrected chi connectivity index (χ3v) is 4.07. The van der Waals surface area contributed by atoms with E-state index in [0.29, 0.717) is 24.7 Å². The van der Waals surface area contributed by atoms with Crippen LogP contribution in [0.5, 0.6) is 0 Å². The van der Waals surface area contributed by atoms with Crippen molar-refractivity contribution < 1.29 is 9.66 Å². The standard InChI is InChI=1S/C15H21N3O3Si/c1-22(2,3)11-8-12-4-5-14(18(19)20)15(16-12)17-13-6-9-21-10-7-13/h4-5,13H,6-7,9-10H2,1-3H3,(H,16,17). The van der Waals surface area contributed by atoms with E-state index in [1.165, 1.54) is 6.07 Å². The summed E-state index contributed by atoms with van der Waals surface area (Å²) in [5.41, 5.74) is 3.79. The largest absolute Gasteiger partial charge is 0.381 e. The normalized spacial score (nSPS) is 15.8. The van der Waals surface area contributed by atoms with Gasteiger partial charge >= 0.3 is 5.69 Å². The van der Waals surface area contributed by atoms with Crippen LogP contribution in [0.1, 0.15) is 18.5 Å². The summed E-state index contributed by atoms with van der Waals surface area (Å²) < 4.78 is 5.30. The molecule has 0 bridgehead atoms. The van der Waals surface area contributed by atoms with Crippen LogP contribution >= 0.6 is 0 Å². The molecule has 22 heavy (non-hydrogen) atoms. The van der Waals surface area contributed by atoms with E-state index in [1.54, 1.807) is 6.07 Å². The molecule has 1 N–H and O–H groups in total. The number of hydrogen-bond donors (Lipinski definition) is 1. The van der Waals surface area contributed by atoms with Crippen molar-refractivity contribution in [2.24, 2.45) is 0 Å². The molecule has 0 spiro atoms. The minimum atomic E-state index is -1.51. The molecule has 0 radical (unpaired) electrons. The van der Waals surface area contributed by atoms with Crippen LogP contribution in [-0.2, 0) is 4.74 Å². The molecule has 2 rings (SSSR count). The number of rotatable bonds is 3. The highest BCUT2D eigenvalue weighted by Gasteiger charge is 2.21. The third-order valence-electron chi connectivity index (χ3n) is 3.20. The van der Waals surface area contributed by atoms with Crippen LogP contribution in [0.4, 0.5) is 11.5 Å². The Bertz CT molecular complexity index is 611. The first-order chi connectivity index (χ1) is 10.3. The van der Waals surface area contributed by atoms with Gasteiger partial charge in [0.05, 0.1) is 4.92 Å². The van der Waals surface area contributed by atoms with Gasteiger partial charge in [0.2, 0.25) is 5.82 Å². The van der Waals surface area contributed by atoms with Gasteiger partial charge in [0, 0.05) is 25.3 Å². The maximum absolute atomic E-state index is 11.2. The summed E-state index contributed by atoms with van der Waals surface area (Å²) in [4.78, 5) is 15.1. The van der Waals surface area contributed by atoms with Gasteiger partial charge in [0.1, 0.15) is 13.8 Å². The first kappa shape index (κ1) is 16.5. The van der Waals surface area contributed by atoms with Gasteiger partial charge in [0.15, 0.2) is 0 Å². The lowest BCUT2D eigenvalue weighted by atomic mass is 10.1. The molecule has 1 saturated heterocycles. The lowest BCUT2D eigenvalue weighted by molar-refractivity contribution is -0.384. The summed E-state index contributed by atoms with van der Waals surface area (Å²) in [6, 6.07) is 3.24. The minimum Gasteiger partial charge on any atom is -0.381 e. The number of ether oxygens (including phenoxy) is 1. The van der Waals surface area contributed by atoms with E-state index >= 15 is 0 Å². The average Bonchev–Trinajstić information content (AvgIpc) is 2.45. The fourth-order valence-electron chi connectivity index (χ4n) is 2.06. The molecule has 1 fully saturated rings. The molecule has 1 aliphatic heterocycles. The van der Waals surface area contributed by atoms with Crippen molar-refractivity contribution in [3.05, 3.63) is 27.9 Å². The number of hydrogen-bond acceptors (Lipinski definition) is 5. The van der Waals surface area contributed by atoms with Crippen molar-refractivity contribution in [3.63, 3.8) is 0 Å². The molecule has 0 atom stereocenters. The van der Waals surface area contributed by atoms with Crippen LogP contribution in [0.25, 0.3) is 0 Å². The second kappa shape index (κ2) is 6.90. The second-order valence-electron chi connectivity index (χ2n) is 6.35. The lowest BCUT2D eigenvalue weighted by Crippen LogP contribution is -2.28. The van der Waals surface area contributed by atoms with Crippen LogP contribution in [0.3, 0.4) is 0 Å². The van der Waals surface area contributed by atoms with Crippen LogP contribution in [0, 0.1) is 21.6 Å². The molecule has 0 aliphatic carbocycles. The van der Waals surface area contributed by atoms with E-state index in [0.717, 1.165) is 12.8 Å². The Balaban J connectivity index is 2.26. The van der Waals surface area contributed by atoms with Crippen LogP contribution in [-0.4, -0.2) is 37.2 Å². The van der Waals surface area contributed by atoms with Crippen molar-refractivity contribution in [1.29, 1.82) is 0 Å². The second-order valence-corrected chi connectivity index (χ2v) is 11.1. The summed E-state index contributed by atoms with van der Waals surface area (Å²) in [5.74, 6) is 3.35. The SMILES string of the molecule is C[Si](C)(C)C#Cc1ccc([N+](=O)[O-])c(NC2CCOCC2)n1. The molecule has 118 valence electrons. The molecule has 1 aromatic rings. The first-order valence-electron chi connectivity index (χ1n) is 7.38. The van der Waals surface area contributed by atoms with E-state index in [9.17, 15) is 10.1 Å². The fraction of sp³-hybridized carbons (Fsp3) is 0.533. The quantitative estimate of drug-likeness (QED) is 0.401. The van der Waals surface area contributed by atoms with E-state index in [-0.39, 0.29) is 11.7 Å². The maximum Gasteiger partial charge on any atom is 0.311 e. The summed E-state index contributed by atoms with van der Waals surface area (Å²) in [6.45, 7) is 7.77. The molecule has 0 unspecified atom stereocenters. The molecule has 1 aromatic heterocycles. The molecule has 7 heteroatoms. The summed E-state index contributed by atoms with van der Waals surface area (Å²) in [6.07, 6.45) is 1.65. The molecular weight excluding hydrogens is 298 g/mol. The molecular formula is C15H21N3O3Si. The smallest absolute Gasteiger partial charge is 0.311 e. The van der Waals surface area contributed by atoms with Crippen molar-refractivity contribution in [2.75, 3.05) is 18.5 Å².